The Kier molecular flexibility index (Phi) is 6.22. The summed E-state index contributed by atoms with van der Waals surface area (Å²) in [5, 5.41) is 9.65. The van der Waals surface area contributed by atoms with Gasteiger partial charge in [-0.3, -0.25) is 0 Å². The Morgan fingerprint density at radius 1 is 1.18 bits per heavy atom. The Balaban J connectivity index is 1.70. The Labute approximate surface area is 166 Å². The van der Waals surface area contributed by atoms with Gasteiger partial charge >= 0.3 is 5.97 Å². The molecule has 1 aromatic carbocycles. The summed E-state index contributed by atoms with van der Waals surface area (Å²) in [7, 11) is -3.66. The third kappa shape index (κ3) is 4.29. The van der Waals surface area contributed by atoms with Crippen LogP contribution in [0.1, 0.15) is 30.1 Å². The number of hydrogen-bond acceptors (Lipinski definition) is 8. The zero-order chi connectivity index (χ0) is 20.1. The van der Waals surface area contributed by atoms with E-state index >= 15 is 0 Å². The van der Waals surface area contributed by atoms with Crippen LogP contribution in [-0.4, -0.2) is 42.0 Å². The van der Waals surface area contributed by atoms with E-state index < -0.39 is 16.0 Å². The first-order valence-electron chi connectivity index (χ1n) is 8.59. The van der Waals surface area contributed by atoms with E-state index in [0.717, 1.165) is 4.88 Å². The lowest BCUT2D eigenvalue weighted by molar-refractivity contribution is 0.0438. The van der Waals surface area contributed by atoms with Crippen LogP contribution >= 0.6 is 11.3 Å². The highest BCUT2D eigenvalue weighted by molar-refractivity contribution is 7.89. The highest BCUT2D eigenvalue weighted by Gasteiger charge is 2.23. The maximum absolute atomic E-state index is 12.6. The Hall–Kier alpha value is -2.56. The van der Waals surface area contributed by atoms with E-state index in [4.69, 9.17) is 9.15 Å². The minimum absolute atomic E-state index is 0.0448. The van der Waals surface area contributed by atoms with Crippen molar-refractivity contribution in [2.45, 2.75) is 25.3 Å². The van der Waals surface area contributed by atoms with Gasteiger partial charge in [0.2, 0.25) is 10.0 Å². The van der Waals surface area contributed by atoms with Gasteiger partial charge in [0.15, 0.2) is 6.61 Å². The number of thiophene rings is 1. The van der Waals surface area contributed by atoms with E-state index in [9.17, 15) is 13.2 Å². The SMILES string of the molecule is CCN(CC)S(=O)(=O)c1cccc(C(=O)OCc2nnc(-c3cccs3)o2)c1. The summed E-state index contributed by atoms with van der Waals surface area (Å²) in [5.74, 6) is -0.162. The fraction of sp³-hybridized carbons (Fsp3) is 0.278. The Morgan fingerprint density at radius 2 is 1.96 bits per heavy atom. The van der Waals surface area contributed by atoms with E-state index in [1.807, 2.05) is 17.5 Å². The van der Waals surface area contributed by atoms with Crippen LogP contribution in [-0.2, 0) is 21.4 Å². The van der Waals surface area contributed by atoms with Gasteiger partial charge in [0.25, 0.3) is 11.8 Å². The predicted octanol–water partition coefficient (Wildman–Crippen LogP) is 3.19. The summed E-state index contributed by atoms with van der Waals surface area (Å²) < 4.78 is 37.2. The molecular formula is C18H19N3O5S2. The van der Waals surface area contributed by atoms with Crippen molar-refractivity contribution < 1.29 is 22.4 Å². The summed E-state index contributed by atoms with van der Waals surface area (Å²) in [6, 6.07) is 9.47. The first-order valence-corrected chi connectivity index (χ1v) is 10.9. The topological polar surface area (TPSA) is 103 Å². The second-order valence-electron chi connectivity index (χ2n) is 5.67. The van der Waals surface area contributed by atoms with Crippen LogP contribution in [0, 0.1) is 0 Å². The molecule has 0 saturated heterocycles. The lowest BCUT2D eigenvalue weighted by Gasteiger charge is -2.18. The van der Waals surface area contributed by atoms with Crippen molar-refractivity contribution in [2.24, 2.45) is 0 Å². The van der Waals surface area contributed by atoms with Gasteiger partial charge < -0.3 is 9.15 Å². The maximum Gasteiger partial charge on any atom is 0.338 e. The monoisotopic (exact) mass is 421 g/mol. The van der Waals surface area contributed by atoms with Crippen molar-refractivity contribution in [1.82, 2.24) is 14.5 Å². The first-order chi connectivity index (χ1) is 13.5. The lowest BCUT2D eigenvalue weighted by atomic mass is 10.2. The highest BCUT2D eigenvalue weighted by Crippen LogP contribution is 2.23. The number of aromatic nitrogens is 2. The maximum atomic E-state index is 12.6. The number of rotatable bonds is 8. The van der Waals surface area contributed by atoms with Crippen LogP contribution in [0.3, 0.4) is 0 Å². The highest BCUT2D eigenvalue weighted by atomic mass is 32.2. The van der Waals surface area contributed by atoms with E-state index in [0.29, 0.717) is 19.0 Å². The van der Waals surface area contributed by atoms with Crippen molar-refractivity contribution in [3.63, 3.8) is 0 Å². The molecule has 0 unspecified atom stereocenters. The molecule has 0 fully saturated rings. The van der Waals surface area contributed by atoms with E-state index in [1.54, 1.807) is 13.8 Å². The average Bonchev–Trinajstić information content (AvgIpc) is 3.38. The molecule has 0 aliphatic heterocycles. The second-order valence-corrected chi connectivity index (χ2v) is 8.56. The van der Waals surface area contributed by atoms with Gasteiger partial charge in [-0.05, 0) is 29.6 Å². The van der Waals surface area contributed by atoms with Gasteiger partial charge in [-0.2, -0.15) is 4.31 Å². The molecule has 0 atom stereocenters. The molecule has 3 aromatic rings. The van der Waals surface area contributed by atoms with Gasteiger partial charge in [-0.1, -0.05) is 26.0 Å². The molecule has 8 nitrogen and oxygen atoms in total. The van der Waals surface area contributed by atoms with Crippen molar-refractivity contribution in [2.75, 3.05) is 13.1 Å². The number of carbonyl (C=O) groups is 1. The molecule has 0 N–H and O–H groups in total. The van der Waals surface area contributed by atoms with Crippen LogP contribution in [0.4, 0.5) is 0 Å². The normalized spacial score (nSPS) is 11.7. The zero-order valence-corrected chi connectivity index (χ0v) is 17.0. The number of benzene rings is 1. The average molecular weight is 422 g/mol. The van der Waals surface area contributed by atoms with Crippen LogP contribution in [0.2, 0.25) is 0 Å². The lowest BCUT2D eigenvalue weighted by Crippen LogP contribution is -2.30. The molecule has 3 rings (SSSR count). The number of ether oxygens (including phenoxy) is 1. The van der Waals surface area contributed by atoms with Gasteiger partial charge in [0.05, 0.1) is 15.3 Å². The van der Waals surface area contributed by atoms with E-state index in [-0.39, 0.29) is 23.0 Å². The van der Waals surface area contributed by atoms with Crippen molar-refractivity contribution in [3.8, 4) is 10.8 Å². The molecule has 0 aliphatic rings. The smallest absolute Gasteiger partial charge is 0.338 e. The number of nitrogens with zero attached hydrogens (tertiary/aromatic N) is 3. The van der Waals surface area contributed by atoms with Gasteiger partial charge in [0, 0.05) is 13.1 Å². The molecule has 0 aliphatic carbocycles. The third-order valence-electron chi connectivity index (χ3n) is 3.94. The molecule has 2 heterocycles. The molecule has 0 spiro atoms. The van der Waals surface area contributed by atoms with E-state index in [2.05, 4.69) is 10.2 Å². The molecule has 0 amide bonds. The molecule has 0 radical (unpaired) electrons. The van der Waals surface area contributed by atoms with Crippen LogP contribution in [0.5, 0.6) is 0 Å². The second kappa shape index (κ2) is 8.63. The fourth-order valence-electron chi connectivity index (χ4n) is 2.52. The predicted molar refractivity (Wildman–Crippen MR) is 103 cm³/mol. The Morgan fingerprint density at radius 3 is 2.64 bits per heavy atom. The number of sulfonamides is 1. The van der Waals surface area contributed by atoms with Gasteiger partial charge in [-0.15, -0.1) is 21.5 Å². The van der Waals surface area contributed by atoms with Crippen LogP contribution < -0.4 is 0 Å². The molecule has 0 bridgehead atoms. The summed E-state index contributed by atoms with van der Waals surface area (Å²) in [6.07, 6.45) is 0. The molecular weight excluding hydrogens is 402 g/mol. The minimum Gasteiger partial charge on any atom is -0.452 e. The number of esters is 1. The molecule has 28 heavy (non-hydrogen) atoms. The van der Waals surface area contributed by atoms with Crippen molar-refractivity contribution in [3.05, 3.63) is 53.2 Å². The van der Waals surface area contributed by atoms with Gasteiger partial charge in [-0.25, -0.2) is 13.2 Å². The quantitative estimate of drug-likeness (QED) is 0.515. The molecule has 148 valence electrons. The Bertz CT molecular complexity index is 1040. The van der Waals surface area contributed by atoms with Crippen molar-refractivity contribution >= 4 is 27.3 Å². The number of carbonyl (C=O) groups excluding carboxylic acids is 1. The summed E-state index contributed by atoms with van der Waals surface area (Å²) in [5.41, 5.74) is 0.131. The minimum atomic E-state index is -3.66. The fourth-order valence-corrected chi connectivity index (χ4v) is 4.67. The zero-order valence-electron chi connectivity index (χ0n) is 15.4. The molecule has 2 aromatic heterocycles. The summed E-state index contributed by atoms with van der Waals surface area (Å²) >= 11 is 1.46. The van der Waals surface area contributed by atoms with Gasteiger partial charge in [0.1, 0.15) is 0 Å². The summed E-state index contributed by atoms with van der Waals surface area (Å²) in [4.78, 5) is 13.2. The largest absolute Gasteiger partial charge is 0.452 e. The molecule has 10 heteroatoms. The van der Waals surface area contributed by atoms with Crippen molar-refractivity contribution in [1.29, 1.82) is 0 Å². The standard InChI is InChI=1S/C18H19N3O5S2/c1-3-21(4-2)28(23,24)14-8-5-7-13(11-14)18(22)25-12-16-19-20-17(26-16)15-9-6-10-27-15/h5-11H,3-4,12H2,1-2H3. The number of hydrogen-bond donors (Lipinski definition) is 0. The first kappa shape index (κ1) is 20.2. The molecule has 0 saturated carbocycles. The van der Waals surface area contributed by atoms with Crippen LogP contribution in [0.25, 0.3) is 10.8 Å². The summed E-state index contributed by atoms with van der Waals surface area (Å²) in [6.45, 7) is 4.00. The third-order valence-corrected chi connectivity index (χ3v) is 6.84. The van der Waals surface area contributed by atoms with E-state index in [1.165, 1.54) is 39.9 Å². The van der Waals surface area contributed by atoms with Crippen LogP contribution in [0.15, 0.2) is 51.1 Å².